The normalized spacial score (nSPS) is 23.0. The second-order valence-corrected chi connectivity index (χ2v) is 9.22. The fourth-order valence-corrected chi connectivity index (χ4v) is 5.08. The number of piperazine rings is 1. The lowest BCUT2D eigenvalue weighted by Crippen LogP contribution is -2.48. The van der Waals surface area contributed by atoms with Gasteiger partial charge in [0.15, 0.2) is 9.84 Å². The molecule has 3 rings (SSSR count). The number of nitrogens with zero attached hydrogens (tertiary/aromatic N) is 3. The van der Waals surface area contributed by atoms with Crippen molar-refractivity contribution in [1.29, 1.82) is 5.26 Å². The maximum Gasteiger partial charge on any atom is 0.266 e. The molecule has 1 aromatic carbocycles. The second kappa shape index (κ2) is 8.55. The number of nitriles is 1. The van der Waals surface area contributed by atoms with Gasteiger partial charge < -0.3 is 10.2 Å². The molecule has 2 fully saturated rings. The highest BCUT2D eigenvalue weighted by Gasteiger charge is 2.28. The highest BCUT2D eigenvalue weighted by Crippen LogP contribution is 2.13. The zero-order chi connectivity index (χ0) is 19.3. The molecule has 1 unspecified atom stereocenters. The number of benzene rings is 1. The van der Waals surface area contributed by atoms with Gasteiger partial charge in [-0.2, -0.15) is 5.26 Å². The fourth-order valence-electron chi connectivity index (χ4n) is 3.39. The van der Waals surface area contributed by atoms with E-state index in [0.717, 1.165) is 19.6 Å². The highest BCUT2D eigenvalue weighted by atomic mass is 32.2. The lowest BCUT2D eigenvalue weighted by molar-refractivity contribution is -0.128. The zero-order valence-electron chi connectivity index (χ0n) is 15.2. The van der Waals surface area contributed by atoms with Crippen LogP contribution in [0, 0.1) is 11.3 Å². The Bertz CT molecular complexity index is 837. The van der Waals surface area contributed by atoms with E-state index in [-0.39, 0.29) is 29.0 Å². The summed E-state index contributed by atoms with van der Waals surface area (Å²) in [5.74, 6) is -0.100. The number of rotatable bonds is 5. The number of hydrogen-bond acceptors (Lipinski definition) is 6. The molecular formula is C19H24N4O3S. The Hall–Kier alpha value is -2.37. The molecular weight excluding hydrogens is 364 g/mol. The van der Waals surface area contributed by atoms with Crippen LogP contribution in [0.1, 0.15) is 12.0 Å². The predicted octanol–water partition coefficient (Wildman–Crippen LogP) is 0.515. The topological polar surface area (TPSA) is 93.5 Å². The third kappa shape index (κ3) is 5.31. The Morgan fingerprint density at radius 1 is 1.22 bits per heavy atom. The van der Waals surface area contributed by atoms with Crippen molar-refractivity contribution < 1.29 is 13.2 Å². The van der Waals surface area contributed by atoms with E-state index in [1.807, 2.05) is 24.3 Å². The van der Waals surface area contributed by atoms with Gasteiger partial charge in [-0.15, -0.1) is 0 Å². The molecule has 1 N–H and O–H groups in total. The van der Waals surface area contributed by atoms with Crippen LogP contribution in [-0.2, 0) is 21.2 Å². The number of hydrogen-bond donors (Lipinski definition) is 1. The lowest BCUT2D eigenvalue weighted by atomic mass is 10.2. The Kier molecular flexibility index (Phi) is 6.14. The zero-order valence-corrected chi connectivity index (χ0v) is 16.0. The monoisotopic (exact) mass is 388 g/mol. The number of nitrogens with one attached hydrogen (secondary N) is 1. The number of carbonyl (C=O) groups excluding carboxylic acids is 1. The molecule has 8 heteroatoms. The fraction of sp³-hybridized carbons (Fsp3) is 0.474. The van der Waals surface area contributed by atoms with Gasteiger partial charge in [0.25, 0.3) is 5.91 Å². The van der Waals surface area contributed by atoms with E-state index >= 15 is 0 Å². The quantitative estimate of drug-likeness (QED) is 0.584. The van der Waals surface area contributed by atoms with Crippen molar-refractivity contribution >= 4 is 15.7 Å². The maximum absolute atomic E-state index is 12.6. The predicted molar refractivity (Wildman–Crippen MR) is 102 cm³/mol. The van der Waals surface area contributed by atoms with Crippen LogP contribution in [0.25, 0.3) is 0 Å². The largest absolute Gasteiger partial charge is 0.386 e. The Morgan fingerprint density at radius 3 is 2.52 bits per heavy atom. The lowest BCUT2D eigenvalue weighted by Gasteiger charge is -2.34. The first-order valence-corrected chi connectivity index (χ1v) is 10.9. The van der Waals surface area contributed by atoms with Crippen molar-refractivity contribution in [3.8, 4) is 6.07 Å². The van der Waals surface area contributed by atoms with Crippen molar-refractivity contribution in [2.45, 2.75) is 19.0 Å². The van der Waals surface area contributed by atoms with Crippen molar-refractivity contribution in [3.05, 3.63) is 47.7 Å². The summed E-state index contributed by atoms with van der Waals surface area (Å²) < 4.78 is 23.0. The minimum absolute atomic E-state index is 0.0239. The van der Waals surface area contributed by atoms with Crippen LogP contribution in [0.4, 0.5) is 0 Å². The van der Waals surface area contributed by atoms with Gasteiger partial charge in [-0.1, -0.05) is 30.3 Å². The summed E-state index contributed by atoms with van der Waals surface area (Å²) in [5.41, 5.74) is 1.27. The number of carbonyl (C=O) groups is 1. The molecule has 0 bridgehead atoms. The van der Waals surface area contributed by atoms with Gasteiger partial charge in [-0.25, -0.2) is 8.42 Å². The molecule has 1 aromatic rings. The molecule has 7 nitrogen and oxygen atoms in total. The summed E-state index contributed by atoms with van der Waals surface area (Å²) in [6, 6.07) is 11.9. The third-order valence-electron chi connectivity index (χ3n) is 4.96. The van der Waals surface area contributed by atoms with Gasteiger partial charge >= 0.3 is 0 Å². The Labute approximate surface area is 160 Å². The van der Waals surface area contributed by atoms with Crippen LogP contribution < -0.4 is 5.32 Å². The highest BCUT2D eigenvalue weighted by molar-refractivity contribution is 7.91. The van der Waals surface area contributed by atoms with E-state index in [2.05, 4.69) is 22.3 Å². The van der Waals surface area contributed by atoms with Crippen LogP contribution in [-0.4, -0.2) is 67.9 Å². The Balaban J connectivity index is 1.51. The van der Waals surface area contributed by atoms with Crippen LogP contribution in [0.5, 0.6) is 0 Å². The minimum atomic E-state index is -3.00. The van der Waals surface area contributed by atoms with Gasteiger partial charge in [0, 0.05) is 45.0 Å². The van der Waals surface area contributed by atoms with E-state index < -0.39 is 9.84 Å². The Morgan fingerprint density at radius 2 is 1.93 bits per heavy atom. The molecule has 0 radical (unpaired) electrons. The molecule has 0 saturated carbocycles. The van der Waals surface area contributed by atoms with E-state index in [4.69, 9.17) is 0 Å². The molecule has 0 aromatic heterocycles. The van der Waals surface area contributed by atoms with Crippen LogP contribution >= 0.6 is 0 Å². The second-order valence-electron chi connectivity index (χ2n) is 6.99. The van der Waals surface area contributed by atoms with Gasteiger partial charge in [0.2, 0.25) is 0 Å². The first kappa shape index (κ1) is 19.4. The summed E-state index contributed by atoms with van der Waals surface area (Å²) >= 11 is 0. The SMILES string of the molecule is N#C/C(=C/NC1CCS(=O)(=O)C1)C(=O)N1CCN(Cc2ccccc2)CC1. The summed E-state index contributed by atoms with van der Waals surface area (Å²) in [4.78, 5) is 16.6. The minimum Gasteiger partial charge on any atom is -0.386 e. The molecule has 27 heavy (non-hydrogen) atoms. The number of amides is 1. The molecule has 2 aliphatic heterocycles. The van der Waals surface area contributed by atoms with Crippen LogP contribution in [0.15, 0.2) is 42.1 Å². The molecule has 2 aliphatic rings. The van der Waals surface area contributed by atoms with Gasteiger partial charge in [0.05, 0.1) is 11.5 Å². The number of sulfone groups is 1. The van der Waals surface area contributed by atoms with Crippen molar-refractivity contribution in [2.75, 3.05) is 37.7 Å². The standard InChI is InChI=1S/C19H24N4O3S/c20-12-17(13-21-18-6-11-27(25,26)15-18)19(24)23-9-7-22(8-10-23)14-16-4-2-1-3-5-16/h1-5,13,18,21H,6-11,14-15H2/b17-13-. The van der Waals surface area contributed by atoms with Crippen molar-refractivity contribution in [2.24, 2.45) is 0 Å². The average Bonchev–Trinajstić information content (AvgIpc) is 3.02. The third-order valence-corrected chi connectivity index (χ3v) is 6.72. The molecule has 2 saturated heterocycles. The molecule has 1 amide bonds. The molecule has 144 valence electrons. The molecule has 1 atom stereocenters. The first-order chi connectivity index (χ1) is 13.0. The van der Waals surface area contributed by atoms with Crippen molar-refractivity contribution in [1.82, 2.24) is 15.1 Å². The van der Waals surface area contributed by atoms with E-state index in [0.29, 0.717) is 19.5 Å². The van der Waals surface area contributed by atoms with E-state index in [1.165, 1.54) is 11.8 Å². The van der Waals surface area contributed by atoms with Crippen molar-refractivity contribution in [3.63, 3.8) is 0 Å². The summed E-state index contributed by atoms with van der Waals surface area (Å²) in [5, 5.41) is 12.2. The molecule has 0 spiro atoms. The van der Waals surface area contributed by atoms with Gasteiger partial charge in [-0.3, -0.25) is 9.69 Å². The van der Waals surface area contributed by atoms with Gasteiger partial charge in [0.1, 0.15) is 11.6 Å². The van der Waals surface area contributed by atoms with E-state index in [1.54, 1.807) is 4.90 Å². The smallest absolute Gasteiger partial charge is 0.266 e. The average molecular weight is 388 g/mol. The van der Waals surface area contributed by atoms with Gasteiger partial charge in [-0.05, 0) is 12.0 Å². The summed E-state index contributed by atoms with van der Waals surface area (Å²) in [7, 11) is -3.00. The summed E-state index contributed by atoms with van der Waals surface area (Å²) in [6.07, 6.45) is 1.88. The first-order valence-electron chi connectivity index (χ1n) is 9.09. The van der Waals surface area contributed by atoms with Crippen LogP contribution in [0.2, 0.25) is 0 Å². The van der Waals surface area contributed by atoms with E-state index in [9.17, 15) is 18.5 Å². The van der Waals surface area contributed by atoms with Crippen LogP contribution in [0.3, 0.4) is 0 Å². The molecule has 0 aliphatic carbocycles. The molecule has 2 heterocycles. The summed E-state index contributed by atoms with van der Waals surface area (Å²) in [6.45, 7) is 3.51. The maximum atomic E-state index is 12.6.